The van der Waals surface area contributed by atoms with Crippen LogP contribution in [-0.2, 0) is 10.0 Å². The molecule has 0 unspecified atom stereocenters. The van der Waals surface area contributed by atoms with Gasteiger partial charge < -0.3 is 0 Å². The highest BCUT2D eigenvalue weighted by Gasteiger charge is 2.37. The molecule has 7 heteroatoms. The third-order valence-corrected chi connectivity index (χ3v) is 7.92. The Labute approximate surface area is 145 Å². The van der Waals surface area contributed by atoms with E-state index < -0.39 is 10.0 Å². The monoisotopic (exact) mass is 449 g/mol. The average Bonchev–Trinajstić information content (AvgIpc) is 3.10. The molecule has 1 aromatic carbocycles. The number of halogens is 2. The second-order valence-electron chi connectivity index (χ2n) is 4.86. The minimum absolute atomic E-state index is 0.0409. The Morgan fingerprint density at radius 1 is 1.24 bits per heavy atom. The first-order chi connectivity index (χ1) is 10.00. The lowest BCUT2D eigenvalue weighted by molar-refractivity contribution is 0.400. The molecule has 1 atom stereocenters. The van der Waals surface area contributed by atoms with Crippen LogP contribution < -0.4 is 0 Å². The quantitative estimate of drug-likeness (QED) is 0.673. The Balaban J connectivity index is 2.03. The second kappa shape index (κ2) is 6.12. The zero-order valence-corrected chi connectivity index (χ0v) is 15.8. The van der Waals surface area contributed by atoms with Crippen molar-refractivity contribution in [3.8, 4) is 0 Å². The number of nitrogens with zero attached hydrogens (tertiary/aromatic N) is 1. The van der Waals surface area contributed by atoms with Gasteiger partial charge in [-0.15, -0.1) is 11.3 Å². The van der Waals surface area contributed by atoms with Crippen molar-refractivity contribution < 1.29 is 8.42 Å². The number of sulfonamides is 1. The van der Waals surface area contributed by atoms with E-state index in [2.05, 4.69) is 31.9 Å². The van der Waals surface area contributed by atoms with E-state index in [-0.39, 0.29) is 6.04 Å². The Hall–Kier alpha value is -0.210. The minimum atomic E-state index is -3.50. The Morgan fingerprint density at radius 3 is 2.76 bits per heavy atom. The number of hydrogen-bond acceptors (Lipinski definition) is 3. The van der Waals surface area contributed by atoms with Gasteiger partial charge in [0, 0.05) is 20.4 Å². The molecule has 2 aromatic rings. The molecule has 0 bridgehead atoms. The second-order valence-corrected chi connectivity index (χ2v) is 9.47. The van der Waals surface area contributed by atoms with E-state index in [1.165, 1.54) is 0 Å². The highest BCUT2D eigenvalue weighted by atomic mass is 79.9. The molecule has 1 aromatic heterocycles. The fraction of sp³-hybridized carbons (Fsp3) is 0.286. The van der Waals surface area contributed by atoms with Gasteiger partial charge in [-0.2, -0.15) is 4.31 Å². The summed E-state index contributed by atoms with van der Waals surface area (Å²) < 4.78 is 29.0. The van der Waals surface area contributed by atoms with Crippen LogP contribution in [0, 0.1) is 0 Å². The SMILES string of the molecule is O=S(=O)(c1cc(Br)ccc1Br)N1CCC[C@H]1c1cccs1. The maximum Gasteiger partial charge on any atom is 0.244 e. The number of thiophene rings is 1. The highest BCUT2D eigenvalue weighted by Crippen LogP contribution is 2.40. The zero-order chi connectivity index (χ0) is 15.0. The van der Waals surface area contributed by atoms with E-state index in [9.17, 15) is 8.42 Å². The van der Waals surface area contributed by atoms with Crippen LogP contribution in [0.4, 0.5) is 0 Å². The van der Waals surface area contributed by atoms with E-state index >= 15 is 0 Å². The van der Waals surface area contributed by atoms with Crippen LogP contribution in [0.15, 0.2) is 49.6 Å². The number of rotatable bonds is 3. The molecule has 1 aliphatic rings. The molecule has 0 saturated carbocycles. The maximum atomic E-state index is 13.0. The van der Waals surface area contributed by atoms with Crippen LogP contribution in [0.3, 0.4) is 0 Å². The normalized spacial score (nSPS) is 20.0. The van der Waals surface area contributed by atoms with Crippen molar-refractivity contribution in [3.05, 3.63) is 49.5 Å². The van der Waals surface area contributed by atoms with Gasteiger partial charge in [0.15, 0.2) is 0 Å². The fourth-order valence-electron chi connectivity index (χ4n) is 2.59. The lowest BCUT2D eigenvalue weighted by Crippen LogP contribution is -2.30. The molecule has 1 saturated heterocycles. The lowest BCUT2D eigenvalue weighted by Gasteiger charge is -2.24. The van der Waals surface area contributed by atoms with Gasteiger partial charge in [-0.1, -0.05) is 22.0 Å². The van der Waals surface area contributed by atoms with Crippen molar-refractivity contribution in [2.75, 3.05) is 6.54 Å². The first-order valence-electron chi connectivity index (χ1n) is 6.50. The molecule has 1 aliphatic heterocycles. The molecule has 2 heterocycles. The average molecular weight is 451 g/mol. The number of hydrogen-bond donors (Lipinski definition) is 0. The smallest absolute Gasteiger partial charge is 0.207 e. The third-order valence-electron chi connectivity index (χ3n) is 3.56. The summed E-state index contributed by atoms with van der Waals surface area (Å²) in [5, 5.41) is 1.99. The predicted octanol–water partition coefficient (Wildman–Crippen LogP) is 4.80. The van der Waals surface area contributed by atoms with Crippen molar-refractivity contribution in [1.82, 2.24) is 4.31 Å². The molecule has 0 N–H and O–H groups in total. The summed E-state index contributed by atoms with van der Waals surface area (Å²) in [7, 11) is -3.50. The van der Waals surface area contributed by atoms with Crippen molar-refractivity contribution in [2.45, 2.75) is 23.8 Å². The summed E-state index contributed by atoms with van der Waals surface area (Å²) in [5.74, 6) is 0. The molecule has 0 amide bonds. The molecule has 3 rings (SSSR count). The standard InChI is InChI=1S/C14H13Br2NO2S2/c15-10-5-6-11(16)14(9-10)21(18,19)17-7-1-3-12(17)13-4-2-8-20-13/h2,4-6,8-9,12H,1,3,7H2/t12-/m0/s1. The summed E-state index contributed by atoms with van der Waals surface area (Å²) >= 11 is 8.32. The summed E-state index contributed by atoms with van der Waals surface area (Å²) in [5.41, 5.74) is 0. The van der Waals surface area contributed by atoms with E-state index in [1.807, 2.05) is 23.6 Å². The van der Waals surface area contributed by atoms with Gasteiger partial charge in [0.1, 0.15) is 0 Å². The van der Waals surface area contributed by atoms with Crippen LogP contribution in [0.25, 0.3) is 0 Å². The zero-order valence-electron chi connectivity index (χ0n) is 11.0. The van der Waals surface area contributed by atoms with Crippen molar-refractivity contribution in [3.63, 3.8) is 0 Å². The van der Waals surface area contributed by atoms with Crippen molar-refractivity contribution >= 4 is 53.2 Å². The molecule has 0 spiro atoms. The summed E-state index contributed by atoms with van der Waals surface area (Å²) in [4.78, 5) is 1.43. The molecular formula is C14H13Br2NO2S2. The molecule has 3 nitrogen and oxygen atoms in total. The maximum absolute atomic E-state index is 13.0. The molecule has 0 radical (unpaired) electrons. The van der Waals surface area contributed by atoms with Gasteiger partial charge in [0.2, 0.25) is 10.0 Å². The third kappa shape index (κ3) is 2.99. The van der Waals surface area contributed by atoms with Crippen LogP contribution >= 0.6 is 43.2 Å². The van der Waals surface area contributed by atoms with Crippen LogP contribution in [-0.4, -0.2) is 19.3 Å². The van der Waals surface area contributed by atoms with E-state index in [4.69, 9.17) is 0 Å². The van der Waals surface area contributed by atoms with Crippen molar-refractivity contribution in [1.29, 1.82) is 0 Å². The first kappa shape index (κ1) is 15.7. The Bertz CT molecular complexity index is 744. The van der Waals surface area contributed by atoms with Gasteiger partial charge in [-0.25, -0.2) is 8.42 Å². The van der Waals surface area contributed by atoms with E-state index in [1.54, 1.807) is 27.8 Å². The Morgan fingerprint density at radius 2 is 2.05 bits per heavy atom. The molecule has 112 valence electrons. The largest absolute Gasteiger partial charge is 0.244 e. The van der Waals surface area contributed by atoms with Gasteiger partial charge in [-0.3, -0.25) is 0 Å². The summed E-state index contributed by atoms with van der Waals surface area (Å²) in [6.45, 7) is 0.573. The molecule has 0 aliphatic carbocycles. The van der Waals surface area contributed by atoms with Crippen LogP contribution in [0.5, 0.6) is 0 Å². The summed E-state index contributed by atoms with van der Waals surface area (Å²) in [6.07, 6.45) is 1.78. The van der Waals surface area contributed by atoms with Gasteiger partial charge >= 0.3 is 0 Å². The Kier molecular flexibility index (Phi) is 4.57. The fourth-order valence-corrected chi connectivity index (χ4v) is 6.67. The van der Waals surface area contributed by atoms with Crippen LogP contribution in [0.1, 0.15) is 23.8 Å². The topological polar surface area (TPSA) is 37.4 Å². The number of benzene rings is 1. The molecule has 1 fully saturated rings. The minimum Gasteiger partial charge on any atom is -0.207 e. The van der Waals surface area contributed by atoms with E-state index in [0.29, 0.717) is 15.9 Å². The highest BCUT2D eigenvalue weighted by molar-refractivity contribution is 9.11. The van der Waals surface area contributed by atoms with Gasteiger partial charge in [0.25, 0.3) is 0 Å². The summed E-state index contributed by atoms with van der Waals surface area (Å²) in [6, 6.07) is 9.18. The lowest BCUT2D eigenvalue weighted by atomic mass is 10.2. The van der Waals surface area contributed by atoms with Crippen molar-refractivity contribution in [2.24, 2.45) is 0 Å². The first-order valence-corrected chi connectivity index (χ1v) is 10.4. The molecular weight excluding hydrogens is 438 g/mol. The van der Waals surface area contributed by atoms with Gasteiger partial charge in [0.05, 0.1) is 10.9 Å². The van der Waals surface area contributed by atoms with E-state index in [0.717, 1.165) is 22.2 Å². The predicted molar refractivity (Wildman–Crippen MR) is 92.0 cm³/mol. The van der Waals surface area contributed by atoms with Crippen LogP contribution in [0.2, 0.25) is 0 Å². The molecule has 21 heavy (non-hydrogen) atoms. The van der Waals surface area contributed by atoms with Gasteiger partial charge in [-0.05, 0) is 58.4 Å².